The molecule has 1 aliphatic rings. The van der Waals surface area contributed by atoms with Crippen LogP contribution >= 0.6 is 0 Å². The van der Waals surface area contributed by atoms with Crippen molar-refractivity contribution in [1.29, 1.82) is 0 Å². The van der Waals surface area contributed by atoms with E-state index in [1.165, 1.54) is 12.7 Å². The lowest BCUT2D eigenvalue weighted by Gasteiger charge is -2.32. The summed E-state index contributed by atoms with van der Waals surface area (Å²) in [6.07, 6.45) is 9.73. The minimum Gasteiger partial charge on any atom is -0.364 e. The average Bonchev–Trinajstić information content (AvgIpc) is 3.23. The molecule has 3 heterocycles. The zero-order valence-electron chi connectivity index (χ0n) is 12.9. The second kappa shape index (κ2) is 6.77. The van der Waals surface area contributed by atoms with Crippen LogP contribution in [0.5, 0.6) is 0 Å². The third-order valence-corrected chi connectivity index (χ3v) is 4.23. The van der Waals surface area contributed by atoms with Gasteiger partial charge in [-0.1, -0.05) is 18.5 Å². The summed E-state index contributed by atoms with van der Waals surface area (Å²) in [5, 5.41) is 3.75. The Morgan fingerprint density at radius 3 is 3.18 bits per heavy atom. The van der Waals surface area contributed by atoms with Crippen molar-refractivity contribution in [2.45, 2.75) is 45.1 Å². The predicted molar refractivity (Wildman–Crippen MR) is 81.5 cm³/mol. The van der Waals surface area contributed by atoms with Crippen LogP contribution in [-0.2, 0) is 6.54 Å². The highest BCUT2D eigenvalue weighted by atomic mass is 16.5. The second-order valence-corrected chi connectivity index (χ2v) is 5.81. The number of aromatic nitrogens is 3. The van der Waals surface area contributed by atoms with Gasteiger partial charge in [-0.2, -0.15) is 0 Å². The maximum Gasteiger partial charge on any atom is 0.276 e. The van der Waals surface area contributed by atoms with Crippen molar-refractivity contribution in [1.82, 2.24) is 19.6 Å². The summed E-state index contributed by atoms with van der Waals surface area (Å²) < 4.78 is 7.01. The van der Waals surface area contributed by atoms with Gasteiger partial charge in [0.2, 0.25) is 0 Å². The number of carbonyl (C=O) groups is 1. The van der Waals surface area contributed by atoms with E-state index in [9.17, 15) is 4.79 Å². The maximum absolute atomic E-state index is 12.4. The Balaban J connectivity index is 1.70. The number of aryl methyl sites for hydroxylation is 1. The largest absolute Gasteiger partial charge is 0.364 e. The molecule has 22 heavy (non-hydrogen) atoms. The van der Waals surface area contributed by atoms with Gasteiger partial charge in [0.1, 0.15) is 12.1 Å². The molecule has 0 N–H and O–H groups in total. The highest BCUT2D eigenvalue weighted by Crippen LogP contribution is 2.26. The van der Waals surface area contributed by atoms with Gasteiger partial charge in [-0.15, -0.1) is 0 Å². The van der Waals surface area contributed by atoms with Gasteiger partial charge in [-0.3, -0.25) is 4.79 Å². The van der Waals surface area contributed by atoms with Gasteiger partial charge in [-0.25, -0.2) is 4.98 Å². The van der Waals surface area contributed by atoms with Crippen molar-refractivity contribution in [3.63, 3.8) is 0 Å². The lowest BCUT2D eigenvalue weighted by molar-refractivity contribution is 0.0692. The Hall–Kier alpha value is -2.11. The van der Waals surface area contributed by atoms with Crippen molar-refractivity contribution in [2.75, 3.05) is 13.1 Å². The van der Waals surface area contributed by atoms with Crippen molar-refractivity contribution >= 4 is 5.91 Å². The molecule has 1 fully saturated rings. The van der Waals surface area contributed by atoms with Crippen LogP contribution in [0.2, 0.25) is 0 Å². The molecule has 118 valence electrons. The molecule has 1 atom stereocenters. The van der Waals surface area contributed by atoms with Gasteiger partial charge in [0.25, 0.3) is 5.91 Å². The van der Waals surface area contributed by atoms with Crippen LogP contribution in [0.1, 0.15) is 54.8 Å². The number of amides is 1. The van der Waals surface area contributed by atoms with E-state index in [2.05, 4.69) is 21.6 Å². The van der Waals surface area contributed by atoms with Gasteiger partial charge in [-0.05, 0) is 19.3 Å². The van der Waals surface area contributed by atoms with E-state index >= 15 is 0 Å². The molecule has 0 spiro atoms. The van der Waals surface area contributed by atoms with E-state index < -0.39 is 0 Å². The van der Waals surface area contributed by atoms with Crippen molar-refractivity contribution in [3.05, 3.63) is 36.2 Å². The van der Waals surface area contributed by atoms with Gasteiger partial charge in [0, 0.05) is 44.0 Å². The lowest BCUT2D eigenvalue weighted by atomic mass is 9.96. The van der Waals surface area contributed by atoms with E-state index in [1.54, 1.807) is 6.07 Å². The van der Waals surface area contributed by atoms with Gasteiger partial charge >= 0.3 is 0 Å². The van der Waals surface area contributed by atoms with Crippen LogP contribution in [0.4, 0.5) is 0 Å². The average molecular weight is 302 g/mol. The maximum atomic E-state index is 12.4. The summed E-state index contributed by atoms with van der Waals surface area (Å²) in [7, 11) is 0. The topological polar surface area (TPSA) is 64.2 Å². The van der Waals surface area contributed by atoms with E-state index in [0.717, 1.165) is 38.2 Å². The molecule has 6 nitrogen and oxygen atoms in total. The normalized spacial score (nSPS) is 18.6. The zero-order valence-corrected chi connectivity index (χ0v) is 12.9. The van der Waals surface area contributed by atoms with Crippen LogP contribution in [0.15, 0.2) is 29.2 Å². The highest BCUT2D eigenvalue weighted by molar-refractivity contribution is 5.92. The summed E-state index contributed by atoms with van der Waals surface area (Å²) in [4.78, 5) is 18.8. The summed E-state index contributed by atoms with van der Waals surface area (Å²) in [5.41, 5.74) is 0.384. The molecule has 0 aliphatic carbocycles. The number of unbranched alkanes of at least 4 members (excludes halogenated alkanes) is 1. The summed E-state index contributed by atoms with van der Waals surface area (Å²) in [6.45, 7) is 4.67. The Kier molecular flexibility index (Phi) is 4.56. The molecule has 0 bridgehead atoms. The first-order valence-corrected chi connectivity index (χ1v) is 8.00. The Morgan fingerprint density at radius 2 is 2.41 bits per heavy atom. The molecule has 6 heteroatoms. The number of rotatable bonds is 5. The molecule has 1 saturated heterocycles. The molecule has 3 rings (SSSR count). The second-order valence-electron chi connectivity index (χ2n) is 5.81. The van der Waals surface area contributed by atoms with Crippen molar-refractivity contribution < 1.29 is 9.32 Å². The fourth-order valence-electron chi connectivity index (χ4n) is 3.06. The van der Waals surface area contributed by atoms with E-state index in [-0.39, 0.29) is 5.91 Å². The number of carbonyl (C=O) groups excluding carboxylic acids is 1. The minimum atomic E-state index is -0.0508. The van der Waals surface area contributed by atoms with Crippen molar-refractivity contribution in [2.24, 2.45) is 0 Å². The fourth-order valence-corrected chi connectivity index (χ4v) is 3.06. The summed E-state index contributed by atoms with van der Waals surface area (Å²) in [6, 6.07) is 1.62. The molecular formula is C16H22N4O2. The van der Waals surface area contributed by atoms with Gasteiger partial charge < -0.3 is 14.0 Å². The molecule has 1 aliphatic heterocycles. The minimum absolute atomic E-state index is 0.0508. The Labute approximate surface area is 130 Å². The monoisotopic (exact) mass is 302 g/mol. The molecule has 0 saturated carbocycles. The van der Waals surface area contributed by atoms with Gasteiger partial charge in [0.15, 0.2) is 5.69 Å². The number of piperidine rings is 1. The van der Waals surface area contributed by atoms with Crippen LogP contribution < -0.4 is 0 Å². The number of hydrogen-bond donors (Lipinski definition) is 0. The van der Waals surface area contributed by atoms with Crippen molar-refractivity contribution in [3.8, 4) is 0 Å². The molecule has 0 radical (unpaired) electrons. The van der Waals surface area contributed by atoms with Crippen LogP contribution in [0.3, 0.4) is 0 Å². The summed E-state index contributed by atoms with van der Waals surface area (Å²) >= 11 is 0. The third kappa shape index (κ3) is 3.05. The number of hydrogen-bond acceptors (Lipinski definition) is 4. The first kappa shape index (κ1) is 14.8. The third-order valence-electron chi connectivity index (χ3n) is 4.23. The van der Waals surface area contributed by atoms with Crippen LogP contribution in [0.25, 0.3) is 0 Å². The molecule has 0 unspecified atom stereocenters. The quantitative estimate of drug-likeness (QED) is 0.852. The fraction of sp³-hybridized carbons (Fsp3) is 0.562. The SMILES string of the molecule is CCCCn1ccnc1[C@H]1CCCN(C(=O)c2ccon2)C1. The van der Waals surface area contributed by atoms with Crippen LogP contribution in [-0.4, -0.2) is 38.6 Å². The standard InChI is InChI=1S/C16H22N4O2/c1-2-3-8-19-10-7-17-15(19)13-5-4-9-20(12-13)16(21)14-6-11-22-18-14/h6-7,10-11,13H,2-5,8-9,12H2,1H3/t13-/m0/s1. The lowest BCUT2D eigenvalue weighted by Crippen LogP contribution is -2.40. The molecule has 2 aromatic rings. The molecule has 0 aromatic carbocycles. The van der Waals surface area contributed by atoms with E-state index in [4.69, 9.17) is 4.52 Å². The van der Waals surface area contributed by atoms with Gasteiger partial charge in [0.05, 0.1) is 0 Å². The molecule has 2 aromatic heterocycles. The zero-order chi connectivity index (χ0) is 15.4. The first-order chi connectivity index (χ1) is 10.8. The summed E-state index contributed by atoms with van der Waals surface area (Å²) in [5.74, 6) is 1.35. The number of nitrogens with zero attached hydrogens (tertiary/aromatic N) is 4. The van der Waals surface area contributed by atoms with Crippen LogP contribution in [0, 0.1) is 0 Å². The molecular weight excluding hydrogens is 280 g/mol. The smallest absolute Gasteiger partial charge is 0.276 e. The van der Waals surface area contributed by atoms with E-state index in [0.29, 0.717) is 18.2 Å². The highest BCUT2D eigenvalue weighted by Gasteiger charge is 2.28. The Morgan fingerprint density at radius 1 is 1.50 bits per heavy atom. The Bertz CT molecular complexity index is 605. The first-order valence-electron chi connectivity index (χ1n) is 8.00. The predicted octanol–water partition coefficient (Wildman–Crippen LogP) is 2.69. The van der Waals surface area contributed by atoms with E-state index in [1.807, 2.05) is 17.3 Å². The molecule has 1 amide bonds. The number of likely N-dealkylation sites (tertiary alicyclic amines) is 1. The number of imidazole rings is 1.